The molecule has 2 nitrogen and oxygen atoms in total. The van der Waals surface area contributed by atoms with Crippen LogP contribution in [-0.2, 0) is 0 Å². The zero-order valence-electron chi connectivity index (χ0n) is 11.4. The van der Waals surface area contributed by atoms with Gasteiger partial charge in [-0.05, 0) is 57.8 Å². The Kier molecular flexibility index (Phi) is 4.13. The molecule has 0 bridgehead atoms. The van der Waals surface area contributed by atoms with Gasteiger partial charge in [0.25, 0.3) is 0 Å². The van der Waals surface area contributed by atoms with Crippen LogP contribution in [0.15, 0.2) is 42.6 Å². The van der Waals surface area contributed by atoms with E-state index in [1.54, 1.807) is 6.07 Å². The molecule has 1 unspecified atom stereocenters. The highest BCUT2D eigenvalue weighted by Gasteiger charge is 2.28. The van der Waals surface area contributed by atoms with Crippen LogP contribution >= 0.6 is 22.6 Å². The Bertz CT molecular complexity index is 495. The lowest BCUT2D eigenvalue weighted by Crippen LogP contribution is -2.20. The second-order valence-corrected chi connectivity index (χ2v) is 7.04. The lowest BCUT2D eigenvalue weighted by molar-refractivity contribution is 0.352. The van der Waals surface area contributed by atoms with E-state index in [-0.39, 0.29) is 17.1 Å². The zero-order valence-corrected chi connectivity index (χ0v) is 13.5. The molecule has 19 heavy (non-hydrogen) atoms. The third-order valence-electron chi connectivity index (χ3n) is 3.14. The molecule has 2 rings (SSSR count). The minimum atomic E-state index is 0.0662. The molecule has 1 aromatic carbocycles. The largest absolute Gasteiger partial charge is 0.506 e. The van der Waals surface area contributed by atoms with Crippen molar-refractivity contribution in [1.29, 1.82) is 0 Å². The van der Waals surface area contributed by atoms with E-state index in [0.29, 0.717) is 0 Å². The summed E-state index contributed by atoms with van der Waals surface area (Å²) in [6.07, 6.45) is 1.51. The van der Waals surface area contributed by atoms with E-state index in [4.69, 9.17) is 0 Å². The van der Waals surface area contributed by atoms with Gasteiger partial charge >= 0.3 is 0 Å². The van der Waals surface area contributed by atoms with E-state index in [9.17, 15) is 5.11 Å². The molecule has 2 aromatic rings. The first kappa shape index (κ1) is 14.3. The van der Waals surface area contributed by atoms with Crippen molar-refractivity contribution in [2.45, 2.75) is 26.7 Å². The van der Waals surface area contributed by atoms with Crippen LogP contribution in [-0.4, -0.2) is 10.1 Å². The summed E-state index contributed by atoms with van der Waals surface area (Å²) >= 11 is 2.31. The molecular formula is C16H18INO. The predicted octanol–water partition coefficient (Wildman–Crippen LogP) is 4.57. The Hall–Kier alpha value is -1.10. The first-order valence-electron chi connectivity index (χ1n) is 6.28. The number of aromatic nitrogens is 1. The summed E-state index contributed by atoms with van der Waals surface area (Å²) in [6, 6.07) is 12.2. The Balaban J connectivity index is 2.47. The molecule has 1 atom stereocenters. The molecule has 0 saturated carbocycles. The van der Waals surface area contributed by atoms with E-state index >= 15 is 0 Å². The standard InChI is InChI=1S/C16H18INO/c1-16(2,3)15(11-4-6-12(17)7-5-11)14-9-8-13(19)10-18-14/h4-10,15,19H,1-3H3. The van der Waals surface area contributed by atoms with Crippen molar-refractivity contribution < 1.29 is 5.11 Å². The second-order valence-electron chi connectivity index (χ2n) is 5.79. The number of pyridine rings is 1. The fourth-order valence-corrected chi connectivity index (χ4v) is 2.70. The van der Waals surface area contributed by atoms with Gasteiger partial charge < -0.3 is 5.11 Å². The molecule has 100 valence electrons. The molecule has 0 fully saturated rings. The van der Waals surface area contributed by atoms with Gasteiger partial charge in [0.05, 0.1) is 6.20 Å². The summed E-state index contributed by atoms with van der Waals surface area (Å²) in [5.41, 5.74) is 2.31. The predicted molar refractivity (Wildman–Crippen MR) is 86.4 cm³/mol. The molecule has 3 heteroatoms. The quantitative estimate of drug-likeness (QED) is 0.789. The van der Waals surface area contributed by atoms with Crippen molar-refractivity contribution in [3.8, 4) is 5.75 Å². The monoisotopic (exact) mass is 367 g/mol. The van der Waals surface area contributed by atoms with Crippen molar-refractivity contribution in [1.82, 2.24) is 4.98 Å². The summed E-state index contributed by atoms with van der Waals surface area (Å²) < 4.78 is 1.23. The lowest BCUT2D eigenvalue weighted by atomic mass is 9.74. The van der Waals surface area contributed by atoms with Gasteiger partial charge in [-0.2, -0.15) is 0 Å². The maximum atomic E-state index is 9.38. The minimum Gasteiger partial charge on any atom is -0.506 e. The molecule has 1 heterocycles. The van der Waals surface area contributed by atoms with E-state index < -0.39 is 0 Å². The highest BCUT2D eigenvalue weighted by atomic mass is 127. The van der Waals surface area contributed by atoms with Gasteiger partial charge in [0.15, 0.2) is 0 Å². The van der Waals surface area contributed by atoms with Gasteiger partial charge in [-0.1, -0.05) is 32.9 Å². The van der Waals surface area contributed by atoms with E-state index in [0.717, 1.165) is 5.69 Å². The molecule has 0 saturated heterocycles. The fourth-order valence-electron chi connectivity index (χ4n) is 2.34. The molecule has 0 amide bonds. The summed E-state index contributed by atoms with van der Waals surface area (Å²) in [5, 5.41) is 9.38. The third-order valence-corrected chi connectivity index (χ3v) is 3.86. The van der Waals surface area contributed by atoms with Crippen LogP contribution in [0.2, 0.25) is 0 Å². The molecule has 0 radical (unpaired) electrons. The summed E-state index contributed by atoms with van der Waals surface area (Å²) in [6.45, 7) is 6.64. The van der Waals surface area contributed by atoms with Gasteiger partial charge in [0.2, 0.25) is 0 Å². The van der Waals surface area contributed by atoms with Gasteiger partial charge in [-0.25, -0.2) is 0 Å². The topological polar surface area (TPSA) is 33.1 Å². The smallest absolute Gasteiger partial charge is 0.133 e. The normalized spacial score (nSPS) is 13.3. The van der Waals surface area contributed by atoms with Crippen molar-refractivity contribution >= 4 is 22.6 Å². The highest BCUT2D eigenvalue weighted by Crippen LogP contribution is 2.39. The van der Waals surface area contributed by atoms with E-state index in [2.05, 4.69) is 72.6 Å². The van der Waals surface area contributed by atoms with Crippen LogP contribution in [0.25, 0.3) is 0 Å². The highest BCUT2D eigenvalue weighted by molar-refractivity contribution is 14.1. The first-order chi connectivity index (χ1) is 8.88. The number of nitrogens with zero attached hydrogens (tertiary/aromatic N) is 1. The van der Waals surface area contributed by atoms with Crippen LogP contribution in [0.3, 0.4) is 0 Å². The van der Waals surface area contributed by atoms with Gasteiger partial charge in [-0.3, -0.25) is 4.98 Å². The first-order valence-corrected chi connectivity index (χ1v) is 7.36. The van der Waals surface area contributed by atoms with Crippen LogP contribution < -0.4 is 0 Å². The van der Waals surface area contributed by atoms with E-state index in [1.165, 1.54) is 15.3 Å². The fraction of sp³-hybridized carbons (Fsp3) is 0.312. The van der Waals surface area contributed by atoms with Crippen LogP contribution in [0.4, 0.5) is 0 Å². The molecule has 1 aromatic heterocycles. The third kappa shape index (κ3) is 3.47. The van der Waals surface area contributed by atoms with Gasteiger partial charge in [-0.15, -0.1) is 0 Å². The zero-order chi connectivity index (χ0) is 14.0. The molecule has 0 aliphatic heterocycles. The Morgan fingerprint density at radius 3 is 2.16 bits per heavy atom. The number of hydrogen-bond donors (Lipinski definition) is 1. The van der Waals surface area contributed by atoms with Crippen LogP contribution in [0, 0.1) is 8.99 Å². The van der Waals surface area contributed by atoms with Crippen LogP contribution in [0.1, 0.15) is 37.9 Å². The average molecular weight is 367 g/mol. The molecule has 0 spiro atoms. The van der Waals surface area contributed by atoms with Crippen molar-refractivity contribution in [3.63, 3.8) is 0 Å². The van der Waals surface area contributed by atoms with Gasteiger partial charge in [0.1, 0.15) is 5.75 Å². The summed E-state index contributed by atoms with van der Waals surface area (Å²) in [7, 11) is 0. The average Bonchev–Trinajstić information content (AvgIpc) is 2.33. The van der Waals surface area contributed by atoms with Crippen molar-refractivity contribution in [3.05, 3.63) is 57.4 Å². The molecular weight excluding hydrogens is 349 g/mol. The Morgan fingerprint density at radius 1 is 1.05 bits per heavy atom. The summed E-state index contributed by atoms with van der Waals surface area (Å²) in [4.78, 5) is 4.39. The Morgan fingerprint density at radius 2 is 1.68 bits per heavy atom. The number of hydrogen-bond acceptors (Lipinski definition) is 2. The minimum absolute atomic E-state index is 0.0662. The second kappa shape index (κ2) is 5.49. The maximum Gasteiger partial charge on any atom is 0.133 e. The van der Waals surface area contributed by atoms with Gasteiger partial charge in [0, 0.05) is 15.2 Å². The van der Waals surface area contributed by atoms with Crippen molar-refractivity contribution in [2.24, 2.45) is 5.41 Å². The lowest BCUT2D eigenvalue weighted by Gasteiger charge is -2.30. The molecule has 1 N–H and O–H groups in total. The number of halogens is 1. The van der Waals surface area contributed by atoms with Crippen molar-refractivity contribution in [2.75, 3.05) is 0 Å². The number of rotatable bonds is 2. The number of aromatic hydroxyl groups is 1. The molecule has 0 aliphatic rings. The summed E-state index contributed by atoms with van der Waals surface area (Å²) in [5.74, 6) is 0.420. The number of benzene rings is 1. The Labute approximate surface area is 128 Å². The SMILES string of the molecule is CC(C)(C)C(c1ccc(I)cc1)c1ccc(O)cn1. The maximum absolute atomic E-state index is 9.38. The molecule has 0 aliphatic carbocycles. The van der Waals surface area contributed by atoms with E-state index in [1.807, 2.05) is 6.07 Å². The van der Waals surface area contributed by atoms with Crippen LogP contribution in [0.5, 0.6) is 5.75 Å².